The Bertz CT molecular complexity index is 997. The third-order valence-corrected chi connectivity index (χ3v) is 6.04. The van der Waals surface area contributed by atoms with Gasteiger partial charge in [0.15, 0.2) is 0 Å². The minimum Gasteiger partial charge on any atom is -0.338 e. The van der Waals surface area contributed by atoms with Gasteiger partial charge in [0, 0.05) is 19.5 Å². The fraction of sp³-hybridized carbons (Fsp3) is 0.364. The summed E-state index contributed by atoms with van der Waals surface area (Å²) in [5.41, 5.74) is 2.14. The number of carbonyl (C=O) groups is 2. The van der Waals surface area contributed by atoms with Crippen molar-refractivity contribution in [3.8, 4) is 0 Å². The van der Waals surface area contributed by atoms with Gasteiger partial charge in [0.1, 0.15) is 0 Å². The predicted octanol–water partition coefficient (Wildman–Crippen LogP) is 2.99. The normalized spacial score (nSPS) is 11.6. The van der Waals surface area contributed by atoms with Crippen LogP contribution >= 0.6 is 0 Å². The molecule has 0 aromatic heterocycles. The molecule has 7 nitrogen and oxygen atoms in total. The summed E-state index contributed by atoms with van der Waals surface area (Å²) in [6.07, 6.45) is -0.157. The highest BCUT2D eigenvalue weighted by molar-refractivity contribution is 7.90. The monoisotopic (exact) mass is 431 g/mol. The molecule has 0 saturated carbocycles. The van der Waals surface area contributed by atoms with Gasteiger partial charge < -0.3 is 10.6 Å². The van der Waals surface area contributed by atoms with E-state index in [1.165, 1.54) is 0 Å². The Morgan fingerprint density at radius 3 is 2.27 bits per heavy atom. The van der Waals surface area contributed by atoms with E-state index < -0.39 is 22.0 Å². The van der Waals surface area contributed by atoms with Crippen LogP contribution in [0.15, 0.2) is 53.4 Å². The van der Waals surface area contributed by atoms with Crippen molar-refractivity contribution in [1.29, 1.82) is 0 Å². The number of hydrogen-bond acceptors (Lipinski definition) is 4. The van der Waals surface area contributed by atoms with E-state index in [-0.39, 0.29) is 23.3 Å². The SMILES string of the molecule is Cc1ccc(C(C)(C)C)cc1S(=O)(=O)NC(=O)CCNC(=O)NCc1ccccc1. The van der Waals surface area contributed by atoms with Gasteiger partial charge in [-0.05, 0) is 35.1 Å². The molecule has 0 heterocycles. The first-order valence-electron chi connectivity index (χ1n) is 9.71. The number of nitrogens with one attached hydrogen (secondary N) is 3. The molecule has 8 heteroatoms. The number of sulfonamides is 1. The topological polar surface area (TPSA) is 104 Å². The fourth-order valence-electron chi connectivity index (χ4n) is 2.74. The molecule has 30 heavy (non-hydrogen) atoms. The maximum absolute atomic E-state index is 12.7. The average Bonchev–Trinajstić information content (AvgIpc) is 2.66. The van der Waals surface area contributed by atoms with Crippen molar-refractivity contribution in [1.82, 2.24) is 15.4 Å². The first-order chi connectivity index (χ1) is 14.0. The van der Waals surface area contributed by atoms with Crippen LogP contribution in [0.1, 0.15) is 43.9 Å². The quantitative estimate of drug-likeness (QED) is 0.627. The van der Waals surface area contributed by atoms with Crippen molar-refractivity contribution in [3.63, 3.8) is 0 Å². The molecule has 0 saturated heterocycles. The Kier molecular flexibility index (Phi) is 7.61. The first kappa shape index (κ1) is 23.4. The third-order valence-electron chi connectivity index (χ3n) is 4.53. The highest BCUT2D eigenvalue weighted by Gasteiger charge is 2.23. The Morgan fingerprint density at radius 1 is 0.967 bits per heavy atom. The predicted molar refractivity (Wildman–Crippen MR) is 117 cm³/mol. The summed E-state index contributed by atoms with van der Waals surface area (Å²) < 4.78 is 27.4. The first-order valence-corrected chi connectivity index (χ1v) is 11.2. The Balaban J connectivity index is 1.87. The standard InChI is InChI=1S/C22H29N3O4S/c1-16-10-11-18(22(2,3)4)14-19(16)30(28,29)25-20(26)12-13-23-21(27)24-15-17-8-6-5-7-9-17/h5-11,14H,12-13,15H2,1-4H3,(H,25,26)(H2,23,24,27). The largest absolute Gasteiger partial charge is 0.338 e. The number of aryl methyl sites for hydroxylation is 1. The zero-order chi connectivity index (χ0) is 22.4. The van der Waals surface area contributed by atoms with Crippen LogP contribution in [0.2, 0.25) is 0 Å². The second kappa shape index (κ2) is 9.75. The van der Waals surface area contributed by atoms with Gasteiger partial charge in [-0.25, -0.2) is 17.9 Å². The molecular formula is C22H29N3O4S. The molecule has 0 aliphatic rings. The summed E-state index contributed by atoms with van der Waals surface area (Å²) >= 11 is 0. The van der Waals surface area contributed by atoms with Crippen LogP contribution in [0.4, 0.5) is 4.79 Å². The van der Waals surface area contributed by atoms with E-state index in [9.17, 15) is 18.0 Å². The highest BCUT2D eigenvalue weighted by Crippen LogP contribution is 2.26. The number of amides is 3. The number of rotatable bonds is 7. The molecule has 0 atom stereocenters. The minimum absolute atomic E-state index is 0.0169. The summed E-state index contributed by atoms with van der Waals surface area (Å²) in [6.45, 7) is 8.02. The maximum atomic E-state index is 12.7. The van der Waals surface area contributed by atoms with E-state index in [2.05, 4.69) is 15.4 Å². The van der Waals surface area contributed by atoms with Crippen LogP contribution in [0.5, 0.6) is 0 Å². The van der Waals surface area contributed by atoms with Crippen LogP contribution in [0.3, 0.4) is 0 Å². The lowest BCUT2D eigenvalue weighted by Crippen LogP contribution is -2.38. The van der Waals surface area contributed by atoms with Gasteiger partial charge in [0.2, 0.25) is 5.91 Å². The molecule has 2 aromatic rings. The van der Waals surface area contributed by atoms with Gasteiger partial charge in [-0.1, -0.05) is 63.2 Å². The van der Waals surface area contributed by atoms with Gasteiger partial charge in [-0.3, -0.25) is 4.79 Å². The fourth-order valence-corrected chi connectivity index (χ4v) is 4.03. The molecule has 0 aliphatic carbocycles. The molecule has 2 aromatic carbocycles. The Labute approximate surface area is 178 Å². The van der Waals surface area contributed by atoms with Gasteiger partial charge in [-0.2, -0.15) is 0 Å². The molecule has 2 rings (SSSR count). The van der Waals surface area contributed by atoms with Crippen molar-refractivity contribution < 1.29 is 18.0 Å². The number of urea groups is 1. The van der Waals surface area contributed by atoms with Crippen LogP contribution in [0, 0.1) is 6.92 Å². The molecular weight excluding hydrogens is 402 g/mol. The lowest BCUT2D eigenvalue weighted by molar-refractivity contribution is -0.119. The second-order valence-corrected chi connectivity index (χ2v) is 9.75. The number of benzene rings is 2. The van der Waals surface area contributed by atoms with Crippen LogP contribution in [-0.4, -0.2) is 26.9 Å². The van der Waals surface area contributed by atoms with E-state index >= 15 is 0 Å². The van der Waals surface area contributed by atoms with Crippen molar-refractivity contribution in [3.05, 3.63) is 65.2 Å². The van der Waals surface area contributed by atoms with Crippen molar-refractivity contribution in [2.24, 2.45) is 0 Å². The third kappa shape index (κ3) is 6.88. The smallest absolute Gasteiger partial charge is 0.315 e. The Morgan fingerprint density at radius 2 is 1.63 bits per heavy atom. The van der Waals surface area contributed by atoms with E-state index in [0.29, 0.717) is 12.1 Å². The summed E-state index contributed by atoms with van der Waals surface area (Å²) in [6, 6.07) is 14.2. The highest BCUT2D eigenvalue weighted by atomic mass is 32.2. The Hall–Kier alpha value is -2.87. The van der Waals surface area contributed by atoms with Crippen LogP contribution in [-0.2, 0) is 26.8 Å². The summed E-state index contributed by atoms with van der Waals surface area (Å²) in [5, 5.41) is 5.22. The summed E-state index contributed by atoms with van der Waals surface area (Å²) in [7, 11) is -4.00. The average molecular weight is 432 g/mol. The van der Waals surface area contributed by atoms with Crippen LogP contribution in [0.25, 0.3) is 0 Å². The molecule has 0 fully saturated rings. The molecule has 0 bridgehead atoms. The lowest BCUT2D eigenvalue weighted by Gasteiger charge is -2.20. The zero-order valence-corrected chi connectivity index (χ0v) is 18.6. The number of carbonyl (C=O) groups excluding carboxylic acids is 2. The second-order valence-electron chi connectivity index (χ2n) is 8.10. The van der Waals surface area contributed by atoms with Crippen molar-refractivity contribution in [2.75, 3.05) is 6.54 Å². The summed E-state index contributed by atoms with van der Waals surface area (Å²) in [5.74, 6) is -0.682. The minimum atomic E-state index is -4.00. The van der Waals surface area contributed by atoms with Crippen molar-refractivity contribution >= 4 is 22.0 Å². The van der Waals surface area contributed by atoms with Crippen LogP contribution < -0.4 is 15.4 Å². The van der Waals surface area contributed by atoms with Gasteiger partial charge in [-0.15, -0.1) is 0 Å². The maximum Gasteiger partial charge on any atom is 0.315 e. The zero-order valence-electron chi connectivity index (χ0n) is 17.8. The molecule has 0 unspecified atom stereocenters. The van der Waals surface area contributed by atoms with Gasteiger partial charge >= 0.3 is 6.03 Å². The molecule has 0 radical (unpaired) electrons. The van der Waals surface area contributed by atoms with Gasteiger partial charge in [0.25, 0.3) is 10.0 Å². The van der Waals surface area contributed by atoms with E-state index in [4.69, 9.17) is 0 Å². The molecule has 162 valence electrons. The van der Waals surface area contributed by atoms with Gasteiger partial charge in [0.05, 0.1) is 4.90 Å². The van der Waals surface area contributed by atoms with E-state index in [1.54, 1.807) is 19.1 Å². The molecule has 0 spiro atoms. The molecule has 3 N–H and O–H groups in total. The van der Waals surface area contributed by atoms with Crippen molar-refractivity contribution in [2.45, 2.75) is 51.0 Å². The van der Waals surface area contributed by atoms with E-state index in [0.717, 1.165) is 11.1 Å². The number of hydrogen-bond donors (Lipinski definition) is 3. The lowest BCUT2D eigenvalue weighted by atomic mass is 9.87. The molecule has 0 aliphatic heterocycles. The molecule has 3 amide bonds. The summed E-state index contributed by atoms with van der Waals surface area (Å²) in [4.78, 5) is 24.0. The van der Waals surface area contributed by atoms with E-state index in [1.807, 2.05) is 57.2 Å².